The van der Waals surface area contributed by atoms with E-state index in [2.05, 4.69) is 4.98 Å². The third-order valence-electron chi connectivity index (χ3n) is 5.49. The summed E-state index contributed by atoms with van der Waals surface area (Å²) in [5.74, 6) is -1.42. The molecule has 3 aromatic rings. The van der Waals surface area contributed by atoms with Crippen molar-refractivity contribution in [1.82, 2.24) is 4.98 Å². The highest BCUT2D eigenvalue weighted by molar-refractivity contribution is 6.32. The lowest BCUT2D eigenvalue weighted by molar-refractivity contribution is -0.118. The summed E-state index contributed by atoms with van der Waals surface area (Å²) in [6.07, 6.45) is 3.92. The van der Waals surface area contributed by atoms with Gasteiger partial charge in [-0.1, -0.05) is 54.1 Å². The van der Waals surface area contributed by atoms with E-state index in [0.29, 0.717) is 28.3 Å². The standard InChI is InChI=1S/C25H21ClN2O3/c1-16-19(26)10-5-11-20(16)28-23(18-9-6-14-27-15-18)22(24(30)25(28)31)21(29)13-12-17-7-3-2-4-8-17/h2-11,14-15,23,30H,12-13H2,1H3. The number of amides is 1. The van der Waals surface area contributed by atoms with Crippen molar-refractivity contribution in [3.8, 4) is 0 Å². The van der Waals surface area contributed by atoms with Crippen molar-refractivity contribution in [2.75, 3.05) is 4.90 Å². The summed E-state index contributed by atoms with van der Waals surface area (Å²) in [6.45, 7) is 1.80. The van der Waals surface area contributed by atoms with E-state index < -0.39 is 17.7 Å². The van der Waals surface area contributed by atoms with E-state index in [9.17, 15) is 14.7 Å². The first-order valence-electron chi connectivity index (χ1n) is 9.98. The van der Waals surface area contributed by atoms with Crippen molar-refractivity contribution in [2.45, 2.75) is 25.8 Å². The Kier molecular flexibility index (Phi) is 5.87. The van der Waals surface area contributed by atoms with Gasteiger partial charge in [0.25, 0.3) is 5.91 Å². The number of pyridine rings is 1. The van der Waals surface area contributed by atoms with Crippen molar-refractivity contribution in [1.29, 1.82) is 0 Å². The van der Waals surface area contributed by atoms with Crippen LogP contribution < -0.4 is 4.90 Å². The van der Waals surface area contributed by atoms with E-state index >= 15 is 0 Å². The van der Waals surface area contributed by atoms with Crippen LogP contribution in [0.5, 0.6) is 0 Å². The quantitative estimate of drug-likeness (QED) is 0.585. The van der Waals surface area contributed by atoms with Gasteiger partial charge >= 0.3 is 0 Å². The third kappa shape index (κ3) is 3.97. The summed E-state index contributed by atoms with van der Waals surface area (Å²) < 4.78 is 0. The summed E-state index contributed by atoms with van der Waals surface area (Å²) in [4.78, 5) is 32.0. The number of aliphatic hydroxyl groups is 1. The average Bonchev–Trinajstić information content (AvgIpc) is 3.06. The Labute approximate surface area is 185 Å². The molecule has 1 atom stereocenters. The highest BCUT2D eigenvalue weighted by Crippen LogP contribution is 2.43. The van der Waals surface area contributed by atoms with Crippen LogP contribution in [0.1, 0.15) is 29.2 Å². The van der Waals surface area contributed by atoms with Crippen LogP contribution >= 0.6 is 11.6 Å². The van der Waals surface area contributed by atoms with Gasteiger partial charge in [0.05, 0.1) is 11.6 Å². The van der Waals surface area contributed by atoms with Crippen molar-refractivity contribution >= 4 is 29.0 Å². The molecule has 0 saturated carbocycles. The Balaban J connectivity index is 1.75. The van der Waals surface area contributed by atoms with Crippen LogP contribution in [0.15, 0.2) is 84.4 Å². The fraction of sp³-hybridized carbons (Fsp3) is 0.160. The van der Waals surface area contributed by atoms with Crippen LogP contribution in [0.4, 0.5) is 5.69 Å². The summed E-state index contributed by atoms with van der Waals surface area (Å²) in [6, 6.07) is 17.6. The van der Waals surface area contributed by atoms with Crippen molar-refractivity contribution < 1.29 is 14.7 Å². The molecule has 6 heteroatoms. The zero-order chi connectivity index (χ0) is 22.0. The molecule has 0 radical (unpaired) electrons. The number of aromatic nitrogens is 1. The topological polar surface area (TPSA) is 70.5 Å². The Morgan fingerprint density at radius 2 is 1.87 bits per heavy atom. The van der Waals surface area contributed by atoms with Gasteiger partial charge in [0.15, 0.2) is 11.5 Å². The number of carbonyl (C=O) groups is 2. The number of anilines is 1. The Morgan fingerprint density at radius 1 is 1.10 bits per heavy atom. The number of benzene rings is 2. The van der Waals surface area contributed by atoms with Crippen LogP contribution in [-0.4, -0.2) is 21.8 Å². The third-order valence-corrected chi connectivity index (χ3v) is 5.90. The van der Waals surface area contributed by atoms with Gasteiger partial charge in [-0.3, -0.25) is 19.5 Å². The molecule has 5 nitrogen and oxygen atoms in total. The second-order valence-electron chi connectivity index (χ2n) is 7.42. The molecule has 1 aromatic heterocycles. The second-order valence-corrected chi connectivity index (χ2v) is 7.83. The SMILES string of the molecule is Cc1c(Cl)cccc1N1C(=O)C(O)=C(C(=O)CCc2ccccc2)C1c1cccnc1. The molecular weight excluding hydrogens is 412 g/mol. The fourth-order valence-corrected chi connectivity index (χ4v) is 4.06. The molecule has 0 saturated heterocycles. The van der Waals surface area contributed by atoms with Crippen molar-refractivity contribution in [3.05, 3.63) is 106 Å². The summed E-state index contributed by atoms with van der Waals surface area (Å²) in [7, 11) is 0. The van der Waals surface area contributed by atoms with Gasteiger partial charge in [0, 0.05) is 29.5 Å². The van der Waals surface area contributed by atoms with E-state index in [1.165, 1.54) is 4.90 Å². The molecule has 156 valence electrons. The van der Waals surface area contributed by atoms with Gasteiger partial charge in [-0.15, -0.1) is 0 Å². The Hall–Kier alpha value is -3.44. The maximum absolute atomic E-state index is 13.2. The molecule has 1 N–H and O–H groups in total. The van der Waals surface area contributed by atoms with Gasteiger partial charge in [0.2, 0.25) is 0 Å². The number of ketones is 1. The minimum Gasteiger partial charge on any atom is -0.503 e. The zero-order valence-electron chi connectivity index (χ0n) is 17.0. The maximum atomic E-state index is 13.2. The first-order chi connectivity index (χ1) is 15.0. The van der Waals surface area contributed by atoms with E-state index in [4.69, 9.17) is 11.6 Å². The van der Waals surface area contributed by atoms with Gasteiger partial charge < -0.3 is 5.11 Å². The number of aliphatic hydroxyl groups excluding tert-OH is 1. The second kappa shape index (κ2) is 8.74. The van der Waals surface area contributed by atoms with E-state index in [1.54, 1.807) is 49.6 Å². The highest BCUT2D eigenvalue weighted by atomic mass is 35.5. The summed E-state index contributed by atoms with van der Waals surface area (Å²) in [5.41, 5.74) is 2.98. The zero-order valence-corrected chi connectivity index (χ0v) is 17.7. The Morgan fingerprint density at radius 3 is 2.58 bits per heavy atom. The van der Waals surface area contributed by atoms with E-state index in [-0.39, 0.29) is 17.8 Å². The number of carbonyl (C=O) groups excluding carboxylic acids is 2. The molecule has 1 amide bonds. The Bertz CT molecular complexity index is 1160. The molecule has 1 unspecified atom stereocenters. The number of hydrogen-bond acceptors (Lipinski definition) is 4. The predicted octanol–water partition coefficient (Wildman–Crippen LogP) is 5.15. The summed E-state index contributed by atoms with van der Waals surface area (Å²) in [5, 5.41) is 11.3. The van der Waals surface area contributed by atoms with Crippen molar-refractivity contribution in [3.63, 3.8) is 0 Å². The monoisotopic (exact) mass is 432 g/mol. The highest BCUT2D eigenvalue weighted by Gasteiger charge is 2.44. The first kappa shape index (κ1) is 20.8. The number of aryl methyl sites for hydroxylation is 1. The van der Waals surface area contributed by atoms with Crippen LogP contribution in [0, 0.1) is 6.92 Å². The molecule has 2 aromatic carbocycles. The lowest BCUT2D eigenvalue weighted by Crippen LogP contribution is -2.31. The molecule has 4 rings (SSSR count). The van der Waals surface area contributed by atoms with Crippen molar-refractivity contribution in [2.24, 2.45) is 0 Å². The molecular formula is C25H21ClN2O3. The van der Waals surface area contributed by atoms with Gasteiger partial charge in [-0.25, -0.2) is 0 Å². The molecule has 0 aliphatic carbocycles. The molecule has 0 bridgehead atoms. The van der Waals surface area contributed by atoms with Crippen LogP contribution in [0.2, 0.25) is 5.02 Å². The van der Waals surface area contributed by atoms with Crippen LogP contribution in [-0.2, 0) is 16.0 Å². The fourth-order valence-electron chi connectivity index (χ4n) is 3.89. The molecule has 31 heavy (non-hydrogen) atoms. The minimum atomic E-state index is -0.776. The largest absolute Gasteiger partial charge is 0.503 e. The normalized spacial score (nSPS) is 16.1. The lowest BCUT2D eigenvalue weighted by atomic mass is 9.93. The predicted molar refractivity (Wildman–Crippen MR) is 120 cm³/mol. The first-order valence-corrected chi connectivity index (χ1v) is 10.4. The lowest BCUT2D eigenvalue weighted by Gasteiger charge is -2.28. The number of hydrogen-bond donors (Lipinski definition) is 1. The molecule has 1 aliphatic rings. The number of rotatable bonds is 6. The van der Waals surface area contributed by atoms with Gasteiger partial charge in [-0.2, -0.15) is 0 Å². The minimum absolute atomic E-state index is 0.0910. The molecule has 1 aliphatic heterocycles. The smallest absolute Gasteiger partial charge is 0.294 e. The number of nitrogens with zero attached hydrogens (tertiary/aromatic N) is 2. The van der Waals surface area contributed by atoms with Crippen LogP contribution in [0.25, 0.3) is 0 Å². The molecule has 0 spiro atoms. The number of halogens is 1. The van der Waals surface area contributed by atoms with Crippen LogP contribution in [0.3, 0.4) is 0 Å². The average molecular weight is 433 g/mol. The molecule has 2 heterocycles. The summed E-state index contributed by atoms with van der Waals surface area (Å²) >= 11 is 6.29. The van der Waals surface area contributed by atoms with Gasteiger partial charge in [-0.05, 0) is 48.2 Å². The molecule has 0 fully saturated rings. The number of Topliss-reactive ketones (excluding diaryl/α,β-unsaturated/α-hetero) is 1. The maximum Gasteiger partial charge on any atom is 0.294 e. The van der Waals surface area contributed by atoms with E-state index in [0.717, 1.165) is 5.56 Å². The van der Waals surface area contributed by atoms with E-state index in [1.807, 2.05) is 30.3 Å². The van der Waals surface area contributed by atoms with Gasteiger partial charge in [0.1, 0.15) is 0 Å².